The van der Waals surface area contributed by atoms with Crippen molar-refractivity contribution >= 4 is 11.6 Å². The third-order valence-electron chi connectivity index (χ3n) is 2.96. The summed E-state index contributed by atoms with van der Waals surface area (Å²) >= 11 is 6.12. The van der Waals surface area contributed by atoms with Gasteiger partial charge in [0.1, 0.15) is 11.6 Å². The van der Waals surface area contributed by atoms with Crippen LogP contribution < -0.4 is 10.1 Å². The molecule has 1 aromatic heterocycles. The van der Waals surface area contributed by atoms with Crippen molar-refractivity contribution in [1.82, 2.24) is 10.3 Å². The molecule has 0 spiro atoms. The molecule has 0 aliphatic rings. The first kappa shape index (κ1) is 14.8. The van der Waals surface area contributed by atoms with Crippen LogP contribution in [0.15, 0.2) is 36.7 Å². The lowest BCUT2D eigenvalue weighted by atomic mass is 9.99. The summed E-state index contributed by atoms with van der Waals surface area (Å²) in [6.07, 6.45) is 3.30. The third kappa shape index (κ3) is 3.08. The van der Waals surface area contributed by atoms with Gasteiger partial charge in [0, 0.05) is 16.8 Å². The van der Waals surface area contributed by atoms with Gasteiger partial charge >= 0.3 is 0 Å². The van der Waals surface area contributed by atoms with E-state index in [4.69, 9.17) is 16.3 Å². The van der Waals surface area contributed by atoms with Crippen molar-refractivity contribution in [2.45, 2.75) is 13.0 Å². The lowest BCUT2D eigenvalue weighted by Gasteiger charge is -2.19. The fourth-order valence-corrected chi connectivity index (χ4v) is 2.38. The zero-order valence-electron chi connectivity index (χ0n) is 11.4. The number of hydrogen-bond acceptors (Lipinski definition) is 3. The van der Waals surface area contributed by atoms with Crippen LogP contribution in [0.3, 0.4) is 0 Å². The number of hydrogen-bond donors (Lipinski definition) is 1. The Morgan fingerprint density at radius 2 is 2.20 bits per heavy atom. The van der Waals surface area contributed by atoms with Gasteiger partial charge < -0.3 is 10.1 Å². The minimum atomic E-state index is -0.378. The van der Waals surface area contributed by atoms with Crippen LogP contribution in [0.4, 0.5) is 4.39 Å². The number of benzene rings is 1. The lowest BCUT2D eigenvalue weighted by molar-refractivity contribution is 0.338. The fraction of sp³-hybridized carbons (Fsp3) is 0.267. The van der Waals surface area contributed by atoms with E-state index in [2.05, 4.69) is 10.3 Å². The number of nitrogens with zero attached hydrogens (tertiary/aromatic N) is 1. The van der Waals surface area contributed by atoms with Gasteiger partial charge in [0.2, 0.25) is 0 Å². The van der Waals surface area contributed by atoms with E-state index < -0.39 is 0 Å². The largest absolute Gasteiger partial charge is 0.492 e. The first-order valence-electron chi connectivity index (χ1n) is 6.36. The van der Waals surface area contributed by atoms with Crippen LogP contribution in [-0.2, 0) is 0 Å². The minimum Gasteiger partial charge on any atom is -0.492 e. The summed E-state index contributed by atoms with van der Waals surface area (Å²) in [6, 6.07) is 6.11. The second-order valence-electron chi connectivity index (χ2n) is 4.24. The normalized spacial score (nSPS) is 12.2. The molecule has 1 atom stereocenters. The molecule has 1 unspecified atom stereocenters. The van der Waals surface area contributed by atoms with E-state index >= 15 is 0 Å². The van der Waals surface area contributed by atoms with Crippen LogP contribution in [-0.4, -0.2) is 18.6 Å². The predicted octanol–water partition coefficient (Wildman–Crippen LogP) is 3.58. The van der Waals surface area contributed by atoms with Gasteiger partial charge in [-0.3, -0.25) is 4.98 Å². The molecule has 1 N–H and O–H groups in total. The zero-order chi connectivity index (χ0) is 14.5. The van der Waals surface area contributed by atoms with Gasteiger partial charge in [-0.2, -0.15) is 0 Å². The predicted molar refractivity (Wildman–Crippen MR) is 77.7 cm³/mol. The highest BCUT2D eigenvalue weighted by atomic mass is 35.5. The van der Waals surface area contributed by atoms with Crippen molar-refractivity contribution in [3.05, 3.63) is 58.6 Å². The molecule has 106 valence electrons. The van der Waals surface area contributed by atoms with Crippen LogP contribution in [0, 0.1) is 5.82 Å². The van der Waals surface area contributed by atoms with E-state index in [-0.39, 0.29) is 11.9 Å². The standard InChI is InChI=1S/C15H16ClFN2O/c1-3-20-11-7-10(8-19-9-11)15(18-2)14-12(16)5-4-6-13(14)17/h4-9,15,18H,3H2,1-2H3. The Morgan fingerprint density at radius 1 is 1.40 bits per heavy atom. The summed E-state index contributed by atoms with van der Waals surface area (Å²) in [5.41, 5.74) is 1.21. The highest BCUT2D eigenvalue weighted by Gasteiger charge is 2.20. The molecule has 0 saturated heterocycles. The topological polar surface area (TPSA) is 34.1 Å². The second kappa shape index (κ2) is 6.68. The van der Waals surface area contributed by atoms with E-state index in [0.29, 0.717) is 22.9 Å². The van der Waals surface area contributed by atoms with Gasteiger partial charge in [-0.15, -0.1) is 0 Å². The first-order chi connectivity index (χ1) is 9.67. The van der Waals surface area contributed by atoms with Crippen molar-refractivity contribution in [1.29, 1.82) is 0 Å². The average molecular weight is 295 g/mol. The fourth-order valence-electron chi connectivity index (χ4n) is 2.10. The maximum Gasteiger partial charge on any atom is 0.137 e. The number of aromatic nitrogens is 1. The first-order valence-corrected chi connectivity index (χ1v) is 6.74. The van der Waals surface area contributed by atoms with Gasteiger partial charge in [0.25, 0.3) is 0 Å². The molecule has 3 nitrogen and oxygen atoms in total. The van der Waals surface area contributed by atoms with Crippen molar-refractivity contribution in [3.8, 4) is 5.75 Å². The Labute approximate surface area is 122 Å². The number of nitrogens with one attached hydrogen (secondary N) is 1. The van der Waals surface area contributed by atoms with Crippen LogP contribution in [0.2, 0.25) is 5.02 Å². The monoisotopic (exact) mass is 294 g/mol. The van der Waals surface area contributed by atoms with E-state index in [1.165, 1.54) is 6.07 Å². The van der Waals surface area contributed by atoms with E-state index in [1.54, 1.807) is 31.6 Å². The highest BCUT2D eigenvalue weighted by Crippen LogP contribution is 2.31. The second-order valence-corrected chi connectivity index (χ2v) is 4.65. The summed E-state index contributed by atoms with van der Waals surface area (Å²) in [7, 11) is 1.75. The Hall–Kier alpha value is -1.65. The number of halogens is 2. The zero-order valence-corrected chi connectivity index (χ0v) is 12.1. The van der Waals surface area contributed by atoms with Gasteiger partial charge in [0.05, 0.1) is 18.8 Å². The van der Waals surface area contributed by atoms with Crippen LogP contribution in [0.25, 0.3) is 0 Å². The third-order valence-corrected chi connectivity index (χ3v) is 3.29. The van der Waals surface area contributed by atoms with Gasteiger partial charge in [-0.05, 0) is 37.7 Å². The smallest absolute Gasteiger partial charge is 0.137 e. The van der Waals surface area contributed by atoms with Crippen molar-refractivity contribution in [3.63, 3.8) is 0 Å². The van der Waals surface area contributed by atoms with Crippen molar-refractivity contribution in [2.75, 3.05) is 13.7 Å². The van der Waals surface area contributed by atoms with Crippen molar-refractivity contribution in [2.24, 2.45) is 0 Å². The molecule has 5 heteroatoms. The summed E-state index contributed by atoms with van der Waals surface area (Å²) in [4.78, 5) is 4.13. The molecule has 0 aliphatic heterocycles. The Bertz CT molecular complexity index is 572. The highest BCUT2D eigenvalue weighted by molar-refractivity contribution is 6.31. The average Bonchev–Trinajstić information content (AvgIpc) is 2.44. The number of rotatable bonds is 5. The maximum absolute atomic E-state index is 14.0. The molecule has 0 aliphatic carbocycles. The molecule has 2 rings (SSSR count). The summed E-state index contributed by atoms with van der Waals surface area (Å²) in [5.74, 6) is 0.302. The number of ether oxygens (including phenoxy) is 1. The summed E-state index contributed by atoms with van der Waals surface area (Å²) < 4.78 is 19.5. The van der Waals surface area contributed by atoms with E-state index in [1.807, 2.05) is 13.0 Å². The SMILES string of the molecule is CCOc1cncc(C(NC)c2c(F)cccc2Cl)c1. The van der Waals surface area contributed by atoms with Crippen LogP contribution in [0.5, 0.6) is 5.75 Å². The van der Waals surface area contributed by atoms with Gasteiger partial charge in [0.15, 0.2) is 0 Å². The molecule has 1 heterocycles. The molecule has 0 saturated carbocycles. The van der Waals surface area contributed by atoms with E-state index in [0.717, 1.165) is 5.56 Å². The lowest BCUT2D eigenvalue weighted by Crippen LogP contribution is -2.19. The van der Waals surface area contributed by atoms with Crippen LogP contribution in [0.1, 0.15) is 24.1 Å². The van der Waals surface area contributed by atoms with Crippen molar-refractivity contribution < 1.29 is 9.13 Å². The molecule has 0 amide bonds. The maximum atomic E-state index is 14.0. The van der Waals surface area contributed by atoms with Gasteiger partial charge in [-0.25, -0.2) is 4.39 Å². The number of pyridine rings is 1. The molecule has 0 bridgehead atoms. The quantitative estimate of drug-likeness (QED) is 0.915. The summed E-state index contributed by atoms with van der Waals surface area (Å²) in [5, 5.41) is 3.45. The molecule has 2 aromatic rings. The van der Waals surface area contributed by atoms with Crippen LogP contribution >= 0.6 is 11.6 Å². The molecular formula is C15H16ClFN2O. The molecule has 20 heavy (non-hydrogen) atoms. The Morgan fingerprint density at radius 3 is 2.85 bits per heavy atom. The molecule has 0 fully saturated rings. The Kier molecular flexibility index (Phi) is 4.93. The van der Waals surface area contributed by atoms with E-state index in [9.17, 15) is 4.39 Å². The summed E-state index contributed by atoms with van der Waals surface area (Å²) in [6.45, 7) is 2.45. The molecule has 1 aromatic carbocycles. The van der Waals surface area contributed by atoms with Gasteiger partial charge in [-0.1, -0.05) is 17.7 Å². The molecule has 0 radical (unpaired) electrons. The molecular weight excluding hydrogens is 279 g/mol. The minimum absolute atomic E-state index is 0.348. The Balaban J connectivity index is 2.44.